The molecule has 0 bridgehead atoms. The summed E-state index contributed by atoms with van der Waals surface area (Å²) >= 11 is 0. The van der Waals surface area contributed by atoms with Gasteiger partial charge in [0.05, 0.1) is 12.8 Å². The van der Waals surface area contributed by atoms with Gasteiger partial charge in [-0.1, -0.05) is 22.4 Å². The summed E-state index contributed by atoms with van der Waals surface area (Å²) in [6.07, 6.45) is 1.54. The van der Waals surface area contributed by atoms with Gasteiger partial charge < -0.3 is 14.5 Å². The zero-order valence-corrected chi connectivity index (χ0v) is 18.9. The van der Waals surface area contributed by atoms with Crippen molar-refractivity contribution < 1.29 is 9.53 Å². The number of ether oxygens (including phenoxy) is 1. The zero-order chi connectivity index (χ0) is 22.9. The standard InChI is InChI=1S/C24H25N7O2/c1-16-12-17(2)14-18(13-16)24(32)30-10-8-29(9-11-30)22-21-23(26-15-25-22)31(28-27-21)19-4-6-20(33-3)7-5-19/h4-7,12-15H,8-11H2,1-3H3. The number of carbonyl (C=O) groups is 1. The maximum atomic E-state index is 13.0. The number of nitrogens with zero attached hydrogens (tertiary/aromatic N) is 7. The number of fused-ring (bicyclic) bond motifs is 1. The average Bonchev–Trinajstić information content (AvgIpc) is 3.27. The average molecular weight is 444 g/mol. The van der Waals surface area contributed by atoms with Gasteiger partial charge in [0, 0.05) is 31.7 Å². The molecule has 0 saturated carbocycles. The number of hydrogen-bond acceptors (Lipinski definition) is 7. The molecule has 2 aromatic heterocycles. The van der Waals surface area contributed by atoms with E-state index in [4.69, 9.17) is 4.74 Å². The molecule has 5 rings (SSSR count). The number of carbonyl (C=O) groups excluding carboxylic acids is 1. The van der Waals surface area contributed by atoms with Crippen LogP contribution >= 0.6 is 0 Å². The molecule has 2 aromatic carbocycles. The van der Waals surface area contributed by atoms with Crippen molar-refractivity contribution in [2.75, 3.05) is 38.2 Å². The Morgan fingerprint density at radius 1 is 0.939 bits per heavy atom. The molecule has 0 unspecified atom stereocenters. The van der Waals surface area contributed by atoms with Crippen LogP contribution in [0.3, 0.4) is 0 Å². The van der Waals surface area contributed by atoms with E-state index < -0.39 is 0 Å². The summed E-state index contributed by atoms with van der Waals surface area (Å²) in [4.78, 5) is 26.0. The summed E-state index contributed by atoms with van der Waals surface area (Å²) < 4.78 is 6.93. The minimum absolute atomic E-state index is 0.0692. The first kappa shape index (κ1) is 20.9. The molecule has 0 N–H and O–H groups in total. The van der Waals surface area contributed by atoms with Crippen molar-refractivity contribution in [2.45, 2.75) is 13.8 Å². The molecule has 168 valence electrons. The third-order valence-corrected chi connectivity index (χ3v) is 5.87. The Labute approximate surface area is 191 Å². The van der Waals surface area contributed by atoms with Gasteiger partial charge in [-0.15, -0.1) is 5.10 Å². The second-order valence-electron chi connectivity index (χ2n) is 8.22. The number of piperazine rings is 1. The van der Waals surface area contributed by atoms with Crippen molar-refractivity contribution in [3.63, 3.8) is 0 Å². The molecule has 1 aliphatic rings. The molecule has 3 heterocycles. The predicted octanol–water partition coefficient (Wildman–Crippen LogP) is 2.80. The maximum absolute atomic E-state index is 13.0. The van der Waals surface area contributed by atoms with Crippen LogP contribution in [0, 0.1) is 13.8 Å². The number of aromatic nitrogens is 5. The summed E-state index contributed by atoms with van der Waals surface area (Å²) in [6.45, 7) is 6.59. The fourth-order valence-corrected chi connectivity index (χ4v) is 4.27. The fourth-order valence-electron chi connectivity index (χ4n) is 4.27. The molecule has 1 amide bonds. The van der Waals surface area contributed by atoms with Gasteiger partial charge in [0.1, 0.15) is 12.1 Å². The first-order chi connectivity index (χ1) is 16.0. The summed E-state index contributed by atoms with van der Waals surface area (Å²) in [5.41, 5.74) is 5.06. The van der Waals surface area contributed by atoms with E-state index in [9.17, 15) is 4.79 Å². The highest BCUT2D eigenvalue weighted by Gasteiger charge is 2.25. The van der Waals surface area contributed by atoms with Crippen LogP contribution in [0.15, 0.2) is 48.8 Å². The van der Waals surface area contributed by atoms with Crippen LogP contribution in [0.2, 0.25) is 0 Å². The molecule has 9 nitrogen and oxygen atoms in total. The largest absolute Gasteiger partial charge is 0.497 e. The van der Waals surface area contributed by atoms with Gasteiger partial charge in [-0.2, -0.15) is 4.68 Å². The number of anilines is 1. The molecule has 4 aromatic rings. The number of hydrogen-bond donors (Lipinski definition) is 0. The highest BCUT2D eigenvalue weighted by atomic mass is 16.5. The smallest absolute Gasteiger partial charge is 0.253 e. The first-order valence-electron chi connectivity index (χ1n) is 10.9. The normalized spacial score (nSPS) is 14.0. The van der Waals surface area contributed by atoms with Gasteiger partial charge >= 0.3 is 0 Å². The van der Waals surface area contributed by atoms with Crippen molar-refractivity contribution >= 4 is 22.9 Å². The molecule has 1 fully saturated rings. The summed E-state index contributed by atoms with van der Waals surface area (Å²) in [6, 6.07) is 13.5. The Morgan fingerprint density at radius 2 is 1.64 bits per heavy atom. The van der Waals surface area contributed by atoms with Crippen molar-refractivity contribution in [3.05, 3.63) is 65.5 Å². The molecule has 33 heavy (non-hydrogen) atoms. The van der Waals surface area contributed by atoms with E-state index in [0.717, 1.165) is 33.9 Å². The highest BCUT2D eigenvalue weighted by molar-refractivity contribution is 5.95. The Bertz CT molecular complexity index is 1290. The molecular formula is C24H25N7O2. The van der Waals surface area contributed by atoms with Gasteiger partial charge in [-0.25, -0.2) is 9.97 Å². The van der Waals surface area contributed by atoms with Crippen molar-refractivity contribution in [1.29, 1.82) is 0 Å². The monoisotopic (exact) mass is 443 g/mol. The topological polar surface area (TPSA) is 89.3 Å². The van der Waals surface area contributed by atoms with E-state index in [0.29, 0.717) is 37.3 Å². The molecule has 0 radical (unpaired) electrons. The van der Waals surface area contributed by atoms with Crippen LogP contribution in [-0.2, 0) is 0 Å². The summed E-state index contributed by atoms with van der Waals surface area (Å²) in [5, 5.41) is 8.68. The predicted molar refractivity (Wildman–Crippen MR) is 125 cm³/mol. The Hall–Kier alpha value is -4.01. The number of rotatable bonds is 4. The Balaban J connectivity index is 1.35. The third kappa shape index (κ3) is 3.97. The van der Waals surface area contributed by atoms with E-state index >= 15 is 0 Å². The number of aryl methyl sites for hydroxylation is 2. The van der Waals surface area contributed by atoms with E-state index in [-0.39, 0.29) is 5.91 Å². The van der Waals surface area contributed by atoms with Crippen LogP contribution in [0.4, 0.5) is 5.82 Å². The summed E-state index contributed by atoms with van der Waals surface area (Å²) in [7, 11) is 1.63. The van der Waals surface area contributed by atoms with E-state index in [1.54, 1.807) is 11.8 Å². The fraction of sp³-hybridized carbons (Fsp3) is 0.292. The van der Waals surface area contributed by atoms with Crippen LogP contribution in [0.5, 0.6) is 5.75 Å². The van der Waals surface area contributed by atoms with Crippen LogP contribution in [0.1, 0.15) is 21.5 Å². The Morgan fingerprint density at radius 3 is 2.30 bits per heavy atom. The third-order valence-electron chi connectivity index (χ3n) is 5.87. The molecule has 1 aliphatic heterocycles. The Kier molecular flexibility index (Phi) is 5.37. The van der Waals surface area contributed by atoms with Crippen LogP contribution in [-0.4, -0.2) is 69.1 Å². The van der Waals surface area contributed by atoms with Crippen LogP contribution < -0.4 is 9.64 Å². The van der Waals surface area contributed by atoms with Gasteiger partial charge in [0.15, 0.2) is 17.0 Å². The maximum Gasteiger partial charge on any atom is 0.253 e. The van der Waals surface area contributed by atoms with Gasteiger partial charge in [-0.05, 0) is 50.2 Å². The number of benzene rings is 2. The lowest BCUT2D eigenvalue weighted by molar-refractivity contribution is 0.0746. The van der Waals surface area contributed by atoms with Gasteiger partial charge in [0.25, 0.3) is 5.91 Å². The second kappa shape index (κ2) is 8.50. The lowest BCUT2D eigenvalue weighted by Crippen LogP contribution is -2.49. The second-order valence-corrected chi connectivity index (χ2v) is 8.22. The van der Waals surface area contributed by atoms with Crippen molar-refractivity contribution in [2.24, 2.45) is 0 Å². The number of amides is 1. The van der Waals surface area contributed by atoms with Gasteiger partial charge in [-0.3, -0.25) is 4.79 Å². The van der Waals surface area contributed by atoms with E-state index in [2.05, 4.69) is 31.2 Å². The first-order valence-corrected chi connectivity index (χ1v) is 10.9. The quantitative estimate of drug-likeness (QED) is 0.479. The van der Waals surface area contributed by atoms with E-state index in [1.165, 1.54) is 6.33 Å². The molecule has 0 aliphatic carbocycles. The van der Waals surface area contributed by atoms with E-state index in [1.807, 2.05) is 55.1 Å². The highest BCUT2D eigenvalue weighted by Crippen LogP contribution is 2.25. The molecule has 9 heteroatoms. The lowest BCUT2D eigenvalue weighted by atomic mass is 10.1. The molecule has 0 atom stereocenters. The van der Waals surface area contributed by atoms with Crippen LogP contribution in [0.25, 0.3) is 16.9 Å². The molecule has 0 spiro atoms. The minimum atomic E-state index is 0.0692. The zero-order valence-electron chi connectivity index (χ0n) is 18.9. The minimum Gasteiger partial charge on any atom is -0.497 e. The SMILES string of the molecule is COc1ccc(-n2nnc3c(N4CCN(C(=O)c5cc(C)cc(C)c5)CC4)ncnc32)cc1. The van der Waals surface area contributed by atoms with Gasteiger partial charge in [0.2, 0.25) is 0 Å². The lowest BCUT2D eigenvalue weighted by Gasteiger charge is -2.35. The summed E-state index contributed by atoms with van der Waals surface area (Å²) in [5.74, 6) is 1.57. The molecule has 1 saturated heterocycles. The van der Waals surface area contributed by atoms with Crippen molar-refractivity contribution in [1.82, 2.24) is 29.9 Å². The number of methoxy groups -OCH3 is 1. The van der Waals surface area contributed by atoms with Crippen molar-refractivity contribution in [3.8, 4) is 11.4 Å². The molecular weight excluding hydrogens is 418 g/mol.